The van der Waals surface area contributed by atoms with Crippen LogP contribution >= 0.6 is 0 Å². The zero-order valence-electron chi connectivity index (χ0n) is 14.4. The highest BCUT2D eigenvalue weighted by molar-refractivity contribution is 6.05. The van der Waals surface area contributed by atoms with Crippen LogP contribution in [0.15, 0.2) is 24.3 Å². The van der Waals surface area contributed by atoms with Gasteiger partial charge in [0.15, 0.2) is 12.6 Å². The van der Waals surface area contributed by atoms with E-state index in [0.29, 0.717) is 12.3 Å². The molecule has 0 radical (unpaired) electrons. The number of carbonyl (C=O) groups excluding carboxylic acids is 1. The van der Waals surface area contributed by atoms with E-state index >= 15 is 0 Å². The number of ether oxygens (including phenoxy) is 2. The van der Waals surface area contributed by atoms with Crippen LogP contribution in [0.4, 0.5) is 0 Å². The van der Waals surface area contributed by atoms with Crippen molar-refractivity contribution in [2.75, 3.05) is 13.9 Å². The van der Waals surface area contributed by atoms with Crippen LogP contribution in [0.3, 0.4) is 0 Å². The molecule has 3 rings (SSSR count). The van der Waals surface area contributed by atoms with Crippen LogP contribution in [0.2, 0.25) is 0 Å². The summed E-state index contributed by atoms with van der Waals surface area (Å²) in [7, 11) is 1.62. The van der Waals surface area contributed by atoms with Gasteiger partial charge in [0.1, 0.15) is 5.75 Å². The first-order chi connectivity index (χ1) is 11.1. The van der Waals surface area contributed by atoms with Gasteiger partial charge >= 0.3 is 0 Å². The summed E-state index contributed by atoms with van der Waals surface area (Å²) in [5, 5.41) is 0. The number of carbonyl (C=O) groups is 1. The van der Waals surface area contributed by atoms with Gasteiger partial charge in [0.2, 0.25) is 0 Å². The van der Waals surface area contributed by atoms with Crippen LogP contribution in [0, 0.1) is 11.3 Å². The number of methoxy groups -OCH3 is 1. The zero-order valence-corrected chi connectivity index (χ0v) is 14.4. The number of ketones is 1. The molecule has 23 heavy (non-hydrogen) atoms. The predicted molar refractivity (Wildman–Crippen MR) is 91.4 cm³/mol. The fraction of sp³-hybridized carbons (Fsp3) is 0.550. The van der Waals surface area contributed by atoms with Crippen LogP contribution in [0.5, 0.6) is 5.75 Å². The first-order valence-electron chi connectivity index (χ1n) is 8.60. The van der Waals surface area contributed by atoms with Gasteiger partial charge in [-0.1, -0.05) is 32.8 Å². The molecule has 3 heteroatoms. The lowest BCUT2D eigenvalue weighted by Gasteiger charge is -2.43. The summed E-state index contributed by atoms with van der Waals surface area (Å²) in [5.74, 6) is 1.61. The van der Waals surface area contributed by atoms with Gasteiger partial charge in [-0.15, -0.1) is 0 Å². The quantitative estimate of drug-likeness (QED) is 0.730. The van der Waals surface area contributed by atoms with Gasteiger partial charge in [0.05, 0.1) is 0 Å². The standard InChI is InChI=1S/C20H26O3/c1-4-5-8-20-12-16(21)11-19(20)18-7-6-17(23-13-22-3)10-15(18)9-14(20)2/h6-7,10-11,14H,4-5,8-9,12-13H2,1-3H3. The fourth-order valence-corrected chi connectivity index (χ4v) is 4.25. The van der Waals surface area contributed by atoms with E-state index < -0.39 is 0 Å². The second kappa shape index (κ2) is 6.48. The van der Waals surface area contributed by atoms with E-state index in [9.17, 15) is 4.79 Å². The zero-order chi connectivity index (χ0) is 16.4. The number of hydrogen-bond donors (Lipinski definition) is 0. The number of benzene rings is 1. The third-order valence-electron chi connectivity index (χ3n) is 5.49. The van der Waals surface area contributed by atoms with E-state index in [2.05, 4.69) is 26.0 Å². The number of hydrogen-bond acceptors (Lipinski definition) is 3. The number of fused-ring (bicyclic) bond motifs is 3. The summed E-state index contributed by atoms with van der Waals surface area (Å²) < 4.78 is 10.5. The van der Waals surface area contributed by atoms with Gasteiger partial charge in [0, 0.05) is 18.9 Å². The first-order valence-corrected chi connectivity index (χ1v) is 8.60. The van der Waals surface area contributed by atoms with Gasteiger partial charge < -0.3 is 9.47 Å². The van der Waals surface area contributed by atoms with Crippen molar-refractivity contribution in [3.8, 4) is 5.75 Å². The second-order valence-corrected chi connectivity index (χ2v) is 6.94. The SMILES string of the molecule is CCCCC12CC(=O)C=C1c1ccc(OCOC)cc1CC2C. The molecule has 2 atom stereocenters. The maximum absolute atomic E-state index is 12.2. The molecule has 0 aromatic heterocycles. The molecule has 0 amide bonds. The number of rotatable bonds is 6. The molecule has 2 unspecified atom stereocenters. The first kappa shape index (κ1) is 16.3. The van der Waals surface area contributed by atoms with E-state index in [-0.39, 0.29) is 18.0 Å². The lowest BCUT2D eigenvalue weighted by molar-refractivity contribution is -0.115. The Kier molecular flexibility index (Phi) is 4.58. The van der Waals surface area contributed by atoms with Crippen molar-refractivity contribution in [2.45, 2.75) is 46.0 Å². The minimum atomic E-state index is 0.0506. The molecule has 0 heterocycles. The predicted octanol–water partition coefficient (Wildman–Crippen LogP) is 4.39. The largest absolute Gasteiger partial charge is 0.468 e. The fourth-order valence-electron chi connectivity index (χ4n) is 4.25. The van der Waals surface area contributed by atoms with E-state index in [1.807, 2.05) is 12.1 Å². The molecule has 0 spiro atoms. The molecule has 124 valence electrons. The smallest absolute Gasteiger partial charge is 0.188 e. The van der Waals surface area contributed by atoms with Crippen molar-refractivity contribution in [3.05, 3.63) is 35.4 Å². The van der Waals surface area contributed by atoms with Crippen molar-refractivity contribution in [1.29, 1.82) is 0 Å². The highest BCUT2D eigenvalue weighted by atomic mass is 16.7. The number of unbranched alkanes of at least 4 members (excludes halogenated alkanes) is 1. The third-order valence-corrected chi connectivity index (χ3v) is 5.49. The molecule has 0 bridgehead atoms. The van der Waals surface area contributed by atoms with Crippen LogP contribution in [0.1, 0.15) is 50.7 Å². The summed E-state index contributed by atoms with van der Waals surface area (Å²) >= 11 is 0. The summed E-state index contributed by atoms with van der Waals surface area (Å²) in [5.41, 5.74) is 3.85. The molecule has 1 aromatic rings. The normalized spacial score (nSPS) is 25.8. The van der Waals surface area contributed by atoms with E-state index in [4.69, 9.17) is 9.47 Å². The Balaban J connectivity index is 1.98. The van der Waals surface area contributed by atoms with Crippen LogP contribution in [-0.2, 0) is 16.0 Å². The molecule has 0 aliphatic heterocycles. The van der Waals surface area contributed by atoms with Gasteiger partial charge in [-0.2, -0.15) is 0 Å². The monoisotopic (exact) mass is 314 g/mol. The van der Waals surface area contributed by atoms with Crippen LogP contribution in [0.25, 0.3) is 5.57 Å². The van der Waals surface area contributed by atoms with Crippen molar-refractivity contribution in [3.63, 3.8) is 0 Å². The Labute approximate surface area is 138 Å². The van der Waals surface area contributed by atoms with E-state index in [0.717, 1.165) is 18.6 Å². The molecule has 0 N–H and O–H groups in total. The Morgan fingerprint density at radius 1 is 1.35 bits per heavy atom. The molecule has 2 aliphatic carbocycles. The maximum Gasteiger partial charge on any atom is 0.188 e. The minimum absolute atomic E-state index is 0.0506. The third kappa shape index (κ3) is 2.83. The summed E-state index contributed by atoms with van der Waals surface area (Å²) in [6.45, 7) is 4.78. The highest BCUT2D eigenvalue weighted by Gasteiger charge is 2.48. The topological polar surface area (TPSA) is 35.5 Å². The lowest BCUT2D eigenvalue weighted by Crippen LogP contribution is -2.34. The van der Waals surface area contributed by atoms with Crippen molar-refractivity contribution >= 4 is 11.4 Å². The van der Waals surface area contributed by atoms with Gasteiger partial charge in [-0.3, -0.25) is 4.79 Å². The molecule has 1 aromatic carbocycles. The second-order valence-electron chi connectivity index (χ2n) is 6.94. The molecule has 2 aliphatic rings. The lowest BCUT2D eigenvalue weighted by atomic mass is 9.60. The Morgan fingerprint density at radius 2 is 2.17 bits per heavy atom. The Morgan fingerprint density at radius 3 is 2.91 bits per heavy atom. The van der Waals surface area contributed by atoms with E-state index in [1.54, 1.807) is 7.11 Å². The van der Waals surface area contributed by atoms with Crippen LogP contribution < -0.4 is 4.74 Å². The summed E-state index contributed by atoms with van der Waals surface area (Å²) in [6.07, 6.45) is 7.06. The molecular weight excluding hydrogens is 288 g/mol. The molecular formula is C20H26O3. The molecule has 0 saturated carbocycles. The number of allylic oxidation sites excluding steroid dienone is 2. The minimum Gasteiger partial charge on any atom is -0.468 e. The maximum atomic E-state index is 12.2. The summed E-state index contributed by atoms with van der Waals surface area (Å²) in [4.78, 5) is 12.2. The average molecular weight is 314 g/mol. The van der Waals surface area contributed by atoms with Gasteiger partial charge in [0.25, 0.3) is 0 Å². The van der Waals surface area contributed by atoms with Gasteiger partial charge in [-0.25, -0.2) is 0 Å². The average Bonchev–Trinajstić information content (AvgIpc) is 2.89. The molecule has 0 saturated heterocycles. The highest BCUT2D eigenvalue weighted by Crippen LogP contribution is 2.57. The van der Waals surface area contributed by atoms with E-state index in [1.165, 1.54) is 29.5 Å². The van der Waals surface area contributed by atoms with Crippen molar-refractivity contribution in [1.82, 2.24) is 0 Å². The van der Waals surface area contributed by atoms with Crippen LogP contribution in [-0.4, -0.2) is 19.7 Å². The molecule has 0 fully saturated rings. The Hall–Kier alpha value is -1.61. The van der Waals surface area contributed by atoms with Crippen molar-refractivity contribution in [2.24, 2.45) is 11.3 Å². The van der Waals surface area contributed by atoms with Crippen molar-refractivity contribution < 1.29 is 14.3 Å². The summed E-state index contributed by atoms with van der Waals surface area (Å²) in [6, 6.07) is 6.22. The Bertz CT molecular complexity index is 632. The van der Waals surface area contributed by atoms with Gasteiger partial charge in [-0.05, 0) is 53.7 Å². The molecule has 3 nitrogen and oxygen atoms in total.